The molecule has 1 nitrogen and oxygen atoms in total. The first kappa shape index (κ1) is 31.4. The molecular weight excluding hydrogens is 416 g/mol. The fraction of sp³-hybridized carbons (Fsp3) is 0.760. The summed E-state index contributed by atoms with van der Waals surface area (Å²) in [7, 11) is 6.49. The summed E-state index contributed by atoms with van der Waals surface area (Å²) < 4.78 is 0.890. The molecule has 0 aliphatic heterocycles. The van der Waals surface area contributed by atoms with Crippen LogP contribution in [-0.4, -0.2) is 45.8 Å². The topological polar surface area (TPSA) is 0 Å². The maximum atomic E-state index is 7.44. The molecule has 0 aromatic heterocycles. The van der Waals surface area contributed by atoms with E-state index in [-0.39, 0.29) is 12.4 Å². The molecule has 0 saturated carbocycles. The predicted octanol–water partition coefficient (Wildman–Crippen LogP) is 5.78. The molecule has 0 atom stereocenters. The quantitative estimate of drug-likeness (QED) is 0.255. The summed E-state index contributed by atoms with van der Waals surface area (Å²) in [6.07, 6.45) is 16.0. The van der Waals surface area contributed by atoms with Gasteiger partial charge in [-0.1, -0.05) is 18.2 Å². The largest absolute Gasteiger partial charge is 1.00 e. The van der Waals surface area contributed by atoms with Crippen LogP contribution in [0.2, 0.25) is 0 Å². The average Bonchev–Trinajstić information content (AvgIpc) is 2.69. The first-order valence-electron chi connectivity index (χ1n) is 11.7. The van der Waals surface area contributed by atoms with Crippen molar-refractivity contribution in [1.29, 1.82) is 0 Å². The van der Waals surface area contributed by atoms with E-state index in [9.17, 15) is 0 Å². The van der Waals surface area contributed by atoms with Gasteiger partial charge in [0, 0.05) is 0 Å². The number of nitrogens with zero attached hydrogens (tertiary/aromatic N) is 1. The summed E-state index contributed by atoms with van der Waals surface area (Å²) in [5.74, 6) is -1.89. The summed E-state index contributed by atoms with van der Waals surface area (Å²) >= 11 is 7.44. The number of benzene rings is 1. The van der Waals surface area contributed by atoms with Crippen LogP contribution >= 0.6 is 17.2 Å². The Kier molecular flexibility index (Phi) is 17.2. The van der Waals surface area contributed by atoms with E-state index in [1.54, 1.807) is 0 Å². The van der Waals surface area contributed by atoms with E-state index in [0.717, 1.165) is 4.48 Å². The molecule has 4 heteroatoms. The van der Waals surface area contributed by atoms with E-state index in [2.05, 4.69) is 73.1 Å². The first-order chi connectivity index (χ1) is 13.1. The fourth-order valence-corrected chi connectivity index (χ4v) is 11.0. The van der Waals surface area contributed by atoms with Gasteiger partial charge in [-0.15, -0.1) is 0 Å². The van der Waals surface area contributed by atoms with E-state index >= 15 is 0 Å². The van der Waals surface area contributed by atoms with Crippen molar-refractivity contribution in [1.82, 2.24) is 4.48 Å². The van der Waals surface area contributed by atoms with Crippen LogP contribution in [0.3, 0.4) is 0 Å². The van der Waals surface area contributed by atoms with Gasteiger partial charge in [-0.25, -0.2) is 0 Å². The third-order valence-electron chi connectivity index (χ3n) is 5.81. The summed E-state index contributed by atoms with van der Waals surface area (Å²) in [6, 6.07) is 10.5. The smallest absolute Gasteiger partial charge is 0.132 e. The number of quaternary nitrogens is 1. The molecule has 1 rings (SSSR count). The summed E-state index contributed by atoms with van der Waals surface area (Å²) in [5.41, 5.74) is 1.34. The average molecular weight is 467 g/mol. The third-order valence-corrected chi connectivity index (χ3v) is 13.6. The number of hydrogen-bond acceptors (Lipinski definition) is 0. The second-order valence-electron chi connectivity index (χ2n) is 9.48. The Morgan fingerprint density at radius 2 is 0.966 bits per heavy atom. The van der Waals surface area contributed by atoms with Crippen molar-refractivity contribution in [2.24, 2.45) is 0 Å². The first-order valence-corrected chi connectivity index (χ1v) is 15.6. The van der Waals surface area contributed by atoms with Gasteiger partial charge in [0.1, 0.15) is 5.69 Å². The standard InChI is InChI=1S/C16H36ClP.C9H14N.ClH/c1-5-9-13-18(17,14-10-6-2,15-11-7-3)16-12-8-4;1-10(2,3)9-7-5-4-6-8-9;/h5-16H2,1-4H3;4-8H,1-3H3;1H/q;+1;/p-1. The van der Waals surface area contributed by atoms with E-state index in [1.165, 1.54) is 81.7 Å². The van der Waals surface area contributed by atoms with Crippen LogP contribution in [0, 0.1) is 0 Å². The number of unbranched alkanes of at least 4 members (excludes halogenated alkanes) is 4. The zero-order valence-corrected chi connectivity index (χ0v) is 22.9. The van der Waals surface area contributed by atoms with E-state index < -0.39 is 5.96 Å². The van der Waals surface area contributed by atoms with Crippen molar-refractivity contribution in [3.8, 4) is 0 Å². The van der Waals surface area contributed by atoms with Crippen LogP contribution < -0.4 is 16.9 Å². The monoisotopic (exact) mass is 465 g/mol. The molecule has 0 radical (unpaired) electrons. The summed E-state index contributed by atoms with van der Waals surface area (Å²) in [5, 5.41) is 0. The molecule has 0 N–H and O–H groups in total. The van der Waals surface area contributed by atoms with Gasteiger partial charge in [0.05, 0.1) is 21.1 Å². The molecule has 0 aliphatic carbocycles. The second kappa shape index (κ2) is 15.9. The van der Waals surface area contributed by atoms with Crippen LogP contribution in [0.15, 0.2) is 30.3 Å². The maximum absolute atomic E-state index is 7.44. The van der Waals surface area contributed by atoms with Crippen LogP contribution in [0.5, 0.6) is 0 Å². The number of hydrogen-bond donors (Lipinski definition) is 0. The SMILES string of the molecule is CCCCP(Cl)(CCCC)(CCCC)CCCC.C[N+](C)(C)c1ccccc1.[Cl-]. The Morgan fingerprint density at radius 3 is 1.17 bits per heavy atom. The zero-order valence-electron chi connectivity index (χ0n) is 20.5. The molecule has 174 valence electrons. The molecule has 0 heterocycles. The predicted molar refractivity (Wildman–Crippen MR) is 138 cm³/mol. The van der Waals surface area contributed by atoms with Crippen molar-refractivity contribution in [2.45, 2.75) is 79.1 Å². The Bertz CT molecular complexity index is 456. The maximum Gasteiger partial charge on any atom is 0.132 e. The normalized spacial score (nSPS) is 12.9. The fourth-order valence-electron chi connectivity index (χ4n) is 3.76. The van der Waals surface area contributed by atoms with Crippen LogP contribution in [-0.2, 0) is 0 Å². The van der Waals surface area contributed by atoms with Gasteiger partial charge < -0.3 is 12.4 Å². The van der Waals surface area contributed by atoms with Crippen molar-refractivity contribution < 1.29 is 12.4 Å². The molecule has 0 unspecified atom stereocenters. The number of halogens is 2. The minimum Gasteiger partial charge on any atom is -1.00 e. The van der Waals surface area contributed by atoms with Gasteiger partial charge in [-0.3, -0.25) is 4.48 Å². The molecule has 0 spiro atoms. The Balaban J connectivity index is 0. The molecule has 29 heavy (non-hydrogen) atoms. The molecule has 1 aromatic carbocycles. The Morgan fingerprint density at radius 1 is 0.655 bits per heavy atom. The Labute approximate surface area is 194 Å². The Hall–Kier alpha value is 0.190. The van der Waals surface area contributed by atoms with Gasteiger partial charge >= 0.3 is 121 Å². The molecular formula is C25H50Cl2NP. The second-order valence-corrected chi connectivity index (χ2v) is 17.8. The molecule has 0 saturated heterocycles. The van der Waals surface area contributed by atoms with Gasteiger partial charge in [-0.2, -0.15) is 0 Å². The van der Waals surface area contributed by atoms with Crippen LogP contribution in [0.4, 0.5) is 5.69 Å². The van der Waals surface area contributed by atoms with E-state index in [1.807, 2.05) is 6.07 Å². The molecule has 0 amide bonds. The molecule has 1 aromatic rings. The van der Waals surface area contributed by atoms with Crippen molar-refractivity contribution >= 4 is 22.9 Å². The molecule has 0 bridgehead atoms. The van der Waals surface area contributed by atoms with E-state index in [4.69, 9.17) is 11.2 Å². The van der Waals surface area contributed by atoms with Crippen molar-refractivity contribution in [2.75, 3.05) is 45.8 Å². The van der Waals surface area contributed by atoms with Crippen LogP contribution in [0.25, 0.3) is 0 Å². The van der Waals surface area contributed by atoms with Gasteiger partial charge in [0.25, 0.3) is 0 Å². The van der Waals surface area contributed by atoms with E-state index in [0.29, 0.717) is 0 Å². The summed E-state index contributed by atoms with van der Waals surface area (Å²) in [6.45, 7) is 9.21. The minimum absolute atomic E-state index is 0. The number of para-hydroxylation sites is 1. The third kappa shape index (κ3) is 13.3. The van der Waals surface area contributed by atoms with Gasteiger partial charge in [0.15, 0.2) is 0 Å². The van der Waals surface area contributed by atoms with Crippen LogP contribution in [0.1, 0.15) is 79.1 Å². The zero-order chi connectivity index (χ0) is 21.5. The molecule has 0 fully saturated rings. The number of rotatable bonds is 13. The van der Waals surface area contributed by atoms with Gasteiger partial charge in [-0.05, 0) is 12.1 Å². The minimum atomic E-state index is -1.89. The molecule has 0 aliphatic rings. The van der Waals surface area contributed by atoms with Gasteiger partial charge in [0.2, 0.25) is 0 Å². The summed E-state index contributed by atoms with van der Waals surface area (Å²) in [4.78, 5) is 0. The van der Waals surface area contributed by atoms with Crippen molar-refractivity contribution in [3.63, 3.8) is 0 Å². The van der Waals surface area contributed by atoms with Crippen molar-refractivity contribution in [3.05, 3.63) is 30.3 Å².